The average molecular weight is 255 g/mol. The van der Waals surface area contributed by atoms with Crippen LogP contribution in [0.1, 0.15) is 31.4 Å². The van der Waals surface area contributed by atoms with E-state index in [1.807, 2.05) is 18.2 Å². The van der Waals surface area contributed by atoms with Gasteiger partial charge in [0.1, 0.15) is 0 Å². The molecule has 0 bridgehead atoms. The van der Waals surface area contributed by atoms with Crippen LogP contribution >= 0.6 is 0 Å². The summed E-state index contributed by atoms with van der Waals surface area (Å²) in [5, 5.41) is 0. The van der Waals surface area contributed by atoms with E-state index in [0.717, 1.165) is 24.8 Å². The van der Waals surface area contributed by atoms with E-state index in [4.69, 9.17) is 0 Å². The van der Waals surface area contributed by atoms with Gasteiger partial charge < -0.3 is 4.98 Å². The normalized spacial score (nSPS) is 11.5. The van der Waals surface area contributed by atoms with Crippen LogP contribution in [0, 0.1) is 5.41 Å². The lowest BCUT2D eigenvalue weighted by atomic mass is 9.81. The molecule has 0 aliphatic heterocycles. The summed E-state index contributed by atoms with van der Waals surface area (Å²) >= 11 is 0. The van der Waals surface area contributed by atoms with E-state index < -0.39 is 0 Å². The zero-order valence-corrected chi connectivity index (χ0v) is 11.6. The van der Waals surface area contributed by atoms with Crippen molar-refractivity contribution in [1.82, 2.24) is 4.98 Å². The van der Waals surface area contributed by atoms with Gasteiger partial charge in [-0.05, 0) is 36.3 Å². The molecule has 100 valence electrons. The largest absolute Gasteiger partial charge is 0.329 e. The molecule has 2 heteroatoms. The highest BCUT2D eigenvalue weighted by Crippen LogP contribution is 2.26. The summed E-state index contributed by atoms with van der Waals surface area (Å²) in [5.41, 5.74) is 2.40. The highest BCUT2D eigenvalue weighted by atomic mass is 16.1. The molecule has 0 amide bonds. The van der Waals surface area contributed by atoms with Crippen LogP contribution in [0.2, 0.25) is 0 Å². The fourth-order valence-electron chi connectivity index (χ4n) is 2.33. The molecule has 2 rings (SSSR count). The summed E-state index contributed by atoms with van der Waals surface area (Å²) in [5.74, 6) is 0. The quantitative estimate of drug-likeness (QED) is 0.870. The van der Waals surface area contributed by atoms with Crippen LogP contribution in [0.3, 0.4) is 0 Å². The number of rotatable bonds is 5. The number of aryl methyl sites for hydroxylation is 1. The molecular formula is C17H21NO. The van der Waals surface area contributed by atoms with Gasteiger partial charge in [-0.3, -0.25) is 4.79 Å². The first kappa shape index (κ1) is 13.6. The predicted molar refractivity (Wildman–Crippen MR) is 79.3 cm³/mol. The lowest BCUT2D eigenvalue weighted by molar-refractivity contribution is 0.332. The molecule has 0 aliphatic carbocycles. The average Bonchev–Trinajstić information content (AvgIpc) is 2.40. The molecule has 0 radical (unpaired) electrons. The Morgan fingerprint density at radius 3 is 2.47 bits per heavy atom. The first-order chi connectivity index (χ1) is 9.07. The number of benzene rings is 1. The van der Waals surface area contributed by atoms with E-state index in [1.165, 1.54) is 5.56 Å². The van der Waals surface area contributed by atoms with Gasteiger partial charge >= 0.3 is 0 Å². The van der Waals surface area contributed by atoms with Crippen molar-refractivity contribution in [3.05, 3.63) is 70.1 Å². The van der Waals surface area contributed by atoms with Gasteiger partial charge in [0.2, 0.25) is 0 Å². The molecule has 1 N–H and O–H groups in total. The van der Waals surface area contributed by atoms with Gasteiger partial charge in [0.15, 0.2) is 0 Å². The molecule has 0 unspecified atom stereocenters. The molecule has 1 heterocycles. The minimum atomic E-state index is 0.0373. The maximum Gasteiger partial charge on any atom is 0.251 e. The van der Waals surface area contributed by atoms with E-state index in [-0.39, 0.29) is 11.0 Å². The smallest absolute Gasteiger partial charge is 0.251 e. The van der Waals surface area contributed by atoms with Crippen molar-refractivity contribution >= 4 is 0 Å². The Bertz CT molecular complexity index is 569. The number of nitrogens with one attached hydrogen (secondary N) is 1. The number of aromatic nitrogens is 1. The fraction of sp³-hybridized carbons (Fsp3) is 0.353. The predicted octanol–water partition coefficient (Wildman–Crippen LogP) is 3.58. The molecule has 19 heavy (non-hydrogen) atoms. The van der Waals surface area contributed by atoms with Gasteiger partial charge in [0.25, 0.3) is 5.56 Å². The Labute approximate surface area is 114 Å². The van der Waals surface area contributed by atoms with Crippen molar-refractivity contribution in [1.29, 1.82) is 0 Å². The van der Waals surface area contributed by atoms with Crippen molar-refractivity contribution in [2.24, 2.45) is 5.41 Å². The number of pyridine rings is 1. The SMILES string of the molecule is CC(C)(CCc1ccccc1)Cc1ccc[nH]c1=O. The lowest BCUT2D eigenvalue weighted by Gasteiger charge is -2.24. The Hall–Kier alpha value is -1.83. The van der Waals surface area contributed by atoms with Crippen molar-refractivity contribution < 1.29 is 0 Å². The molecule has 2 nitrogen and oxygen atoms in total. The maximum absolute atomic E-state index is 11.7. The van der Waals surface area contributed by atoms with Crippen molar-refractivity contribution in [3.63, 3.8) is 0 Å². The second-order valence-electron chi connectivity index (χ2n) is 5.85. The standard InChI is InChI=1S/C17H21NO/c1-17(2,11-10-14-7-4-3-5-8-14)13-15-9-6-12-18-16(15)19/h3-9,12H,10-11,13H2,1-2H3,(H,18,19). The molecule has 0 saturated heterocycles. The van der Waals surface area contributed by atoms with Crippen LogP contribution < -0.4 is 5.56 Å². The summed E-state index contributed by atoms with van der Waals surface area (Å²) in [6.07, 6.45) is 4.63. The Morgan fingerprint density at radius 2 is 1.79 bits per heavy atom. The van der Waals surface area contributed by atoms with E-state index >= 15 is 0 Å². The second-order valence-corrected chi connectivity index (χ2v) is 5.85. The van der Waals surface area contributed by atoms with Gasteiger partial charge in [0.05, 0.1) is 0 Å². The first-order valence-corrected chi connectivity index (χ1v) is 6.77. The molecule has 0 saturated carbocycles. The monoisotopic (exact) mass is 255 g/mol. The molecule has 0 atom stereocenters. The van der Waals surface area contributed by atoms with Crippen LogP contribution in [0.4, 0.5) is 0 Å². The van der Waals surface area contributed by atoms with Crippen molar-refractivity contribution in [2.75, 3.05) is 0 Å². The Morgan fingerprint density at radius 1 is 1.05 bits per heavy atom. The molecule has 1 aromatic heterocycles. The fourth-order valence-corrected chi connectivity index (χ4v) is 2.33. The van der Waals surface area contributed by atoms with Crippen LogP contribution in [0.25, 0.3) is 0 Å². The van der Waals surface area contributed by atoms with E-state index in [0.29, 0.717) is 0 Å². The number of hydrogen-bond donors (Lipinski definition) is 1. The molecular weight excluding hydrogens is 234 g/mol. The molecule has 1 aromatic carbocycles. The highest BCUT2D eigenvalue weighted by Gasteiger charge is 2.19. The van der Waals surface area contributed by atoms with Crippen molar-refractivity contribution in [3.8, 4) is 0 Å². The van der Waals surface area contributed by atoms with Crippen LogP contribution in [-0.4, -0.2) is 4.98 Å². The van der Waals surface area contributed by atoms with Crippen LogP contribution in [0.5, 0.6) is 0 Å². The molecule has 0 spiro atoms. The first-order valence-electron chi connectivity index (χ1n) is 6.77. The highest BCUT2D eigenvalue weighted by molar-refractivity contribution is 5.16. The summed E-state index contributed by atoms with van der Waals surface area (Å²) in [7, 11) is 0. The van der Waals surface area contributed by atoms with Gasteiger partial charge in [0, 0.05) is 11.8 Å². The number of hydrogen-bond acceptors (Lipinski definition) is 1. The molecule has 0 aliphatic rings. The minimum absolute atomic E-state index is 0.0373. The topological polar surface area (TPSA) is 32.9 Å². The van der Waals surface area contributed by atoms with Gasteiger partial charge in [-0.15, -0.1) is 0 Å². The van der Waals surface area contributed by atoms with Crippen LogP contribution in [0.15, 0.2) is 53.5 Å². The molecule has 0 fully saturated rings. The van der Waals surface area contributed by atoms with Crippen molar-refractivity contribution in [2.45, 2.75) is 33.1 Å². The maximum atomic E-state index is 11.7. The number of aromatic amines is 1. The third kappa shape index (κ3) is 4.09. The minimum Gasteiger partial charge on any atom is -0.329 e. The molecule has 2 aromatic rings. The van der Waals surface area contributed by atoms with E-state index in [1.54, 1.807) is 6.20 Å². The third-order valence-corrected chi connectivity index (χ3v) is 3.50. The summed E-state index contributed by atoms with van der Waals surface area (Å²) in [4.78, 5) is 14.5. The summed E-state index contributed by atoms with van der Waals surface area (Å²) in [6, 6.07) is 14.3. The zero-order valence-electron chi connectivity index (χ0n) is 11.6. The van der Waals surface area contributed by atoms with Gasteiger partial charge in [-0.1, -0.05) is 50.2 Å². The third-order valence-electron chi connectivity index (χ3n) is 3.50. The summed E-state index contributed by atoms with van der Waals surface area (Å²) < 4.78 is 0. The zero-order chi connectivity index (χ0) is 13.7. The van der Waals surface area contributed by atoms with Crippen LogP contribution in [-0.2, 0) is 12.8 Å². The number of H-pyrrole nitrogens is 1. The van der Waals surface area contributed by atoms with E-state index in [9.17, 15) is 4.79 Å². The van der Waals surface area contributed by atoms with Gasteiger partial charge in [-0.25, -0.2) is 0 Å². The van der Waals surface area contributed by atoms with Gasteiger partial charge in [-0.2, -0.15) is 0 Å². The summed E-state index contributed by atoms with van der Waals surface area (Å²) in [6.45, 7) is 4.45. The Kier molecular flexibility index (Phi) is 4.20. The Balaban J connectivity index is 1.99. The lowest BCUT2D eigenvalue weighted by Crippen LogP contribution is -2.22. The second kappa shape index (κ2) is 5.87. The van der Waals surface area contributed by atoms with E-state index in [2.05, 4.69) is 43.1 Å².